The summed E-state index contributed by atoms with van der Waals surface area (Å²) in [5, 5.41) is 0. The lowest BCUT2D eigenvalue weighted by atomic mass is 10.1. The number of carbonyl (C=O) groups excluding carboxylic acids is 2. The molecule has 1 amide bonds. The zero-order chi connectivity index (χ0) is 17.9. The van der Waals surface area contributed by atoms with Crippen LogP contribution in [0.5, 0.6) is 0 Å². The molecular weight excluding hydrogens is 344 g/mol. The van der Waals surface area contributed by atoms with Gasteiger partial charge in [0.2, 0.25) is 0 Å². The van der Waals surface area contributed by atoms with Crippen molar-refractivity contribution in [1.82, 2.24) is 9.88 Å². The van der Waals surface area contributed by atoms with E-state index in [2.05, 4.69) is 4.98 Å². The maximum Gasteiger partial charge on any atom is 0.338 e. The van der Waals surface area contributed by atoms with Crippen molar-refractivity contribution >= 4 is 21.7 Å². The molecule has 1 aliphatic heterocycles. The highest BCUT2D eigenvalue weighted by molar-refractivity contribution is 7.91. The second kappa shape index (κ2) is 7.51. The number of aromatic nitrogens is 1. The van der Waals surface area contributed by atoms with Gasteiger partial charge in [-0.25, -0.2) is 13.2 Å². The molecule has 0 N–H and O–H groups in total. The summed E-state index contributed by atoms with van der Waals surface area (Å²) in [5.41, 5.74) is 0.332. The van der Waals surface area contributed by atoms with Gasteiger partial charge in [0.15, 0.2) is 16.4 Å². The molecule has 0 radical (unpaired) electrons. The van der Waals surface area contributed by atoms with Gasteiger partial charge < -0.3 is 9.64 Å². The van der Waals surface area contributed by atoms with E-state index in [0.29, 0.717) is 12.0 Å². The van der Waals surface area contributed by atoms with Crippen LogP contribution in [0.2, 0.25) is 0 Å². The molecule has 1 aromatic rings. The molecule has 0 unspecified atom stereocenters. The Hall–Kier alpha value is -1.96. The Morgan fingerprint density at radius 3 is 2.40 bits per heavy atom. The maximum atomic E-state index is 12.7. The number of hydrogen-bond acceptors (Lipinski definition) is 6. The Balaban J connectivity index is 1.66. The third-order valence-electron chi connectivity index (χ3n) is 4.85. The van der Waals surface area contributed by atoms with E-state index < -0.39 is 15.8 Å². The van der Waals surface area contributed by atoms with E-state index in [4.69, 9.17) is 4.74 Å². The summed E-state index contributed by atoms with van der Waals surface area (Å²) in [5.74, 6) is -0.768. The minimum Gasteiger partial charge on any atom is -0.452 e. The van der Waals surface area contributed by atoms with E-state index in [1.807, 2.05) is 0 Å². The molecule has 0 spiro atoms. The lowest BCUT2D eigenvalue weighted by molar-refractivity contribution is -0.139. The van der Waals surface area contributed by atoms with Crippen molar-refractivity contribution in [3.63, 3.8) is 0 Å². The number of hydrogen-bond donors (Lipinski definition) is 0. The van der Waals surface area contributed by atoms with Crippen LogP contribution in [-0.4, -0.2) is 60.4 Å². The van der Waals surface area contributed by atoms with Crippen LogP contribution >= 0.6 is 0 Å². The minimum absolute atomic E-state index is 0.00748. The van der Waals surface area contributed by atoms with Crippen LogP contribution in [0.15, 0.2) is 24.5 Å². The van der Waals surface area contributed by atoms with Crippen molar-refractivity contribution in [2.75, 3.05) is 18.1 Å². The Morgan fingerprint density at radius 2 is 1.80 bits per heavy atom. The first-order valence-electron chi connectivity index (χ1n) is 8.55. The first kappa shape index (κ1) is 17.8. The van der Waals surface area contributed by atoms with Crippen molar-refractivity contribution in [2.24, 2.45) is 0 Å². The molecule has 2 fully saturated rings. The number of pyridine rings is 1. The fourth-order valence-electron chi connectivity index (χ4n) is 3.66. The normalized spacial score (nSPS) is 22.6. The Bertz CT molecular complexity index is 729. The molecule has 1 aromatic heterocycles. The van der Waals surface area contributed by atoms with Gasteiger partial charge in [-0.3, -0.25) is 9.78 Å². The molecule has 136 valence electrons. The van der Waals surface area contributed by atoms with Gasteiger partial charge in [-0.2, -0.15) is 0 Å². The van der Waals surface area contributed by atoms with Crippen LogP contribution in [0.3, 0.4) is 0 Å². The number of esters is 1. The molecular formula is C17H22N2O5S. The topological polar surface area (TPSA) is 93.6 Å². The molecule has 1 atom stereocenters. The van der Waals surface area contributed by atoms with Crippen molar-refractivity contribution in [3.8, 4) is 0 Å². The van der Waals surface area contributed by atoms with Crippen molar-refractivity contribution in [3.05, 3.63) is 30.1 Å². The van der Waals surface area contributed by atoms with Crippen molar-refractivity contribution < 1.29 is 22.7 Å². The SMILES string of the molecule is O=C(OCC(=O)N(C1CCCC1)[C@@H]1CCS(=O)(=O)C1)c1ccncc1. The van der Waals surface area contributed by atoms with Crippen LogP contribution in [0.4, 0.5) is 0 Å². The van der Waals surface area contributed by atoms with Crippen LogP contribution in [-0.2, 0) is 19.4 Å². The number of ether oxygens (including phenoxy) is 1. The Kier molecular flexibility index (Phi) is 5.36. The molecule has 2 heterocycles. The fourth-order valence-corrected chi connectivity index (χ4v) is 5.37. The molecule has 8 heteroatoms. The first-order chi connectivity index (χ1) is 12.0. The summed E-state index contributed by atoms with van der Waals surface area (Å²) in [6.45, 7) is -0.367. The summed E-state index contributed by atoms with van der Waals surface area (Å²) in [4.78, 5) is 30.2. The average Bonchev–Trinajstić information content (AvgIpc) is 3.24. The van der Waals surface area contributed by atoms with Gasteiger partial charge >= 0.3 is 5.97 Å². The second-order valence-electron chi connectivity index (χ2n) is 6.61. The standard InChI is InChI=1S/C17H22N2O5S/c20-16(11-24-17(21)13-5-8-18-9-6-13)19(14-3-1-2-4-14)15-7-10-25(22,23)12-15/h5-6,8-9,14-15H,1-4,7,10-12H2/t15-/m1/s1. The average molecular weight is 366 g/mol. The molecule has 2 aliphatic rings. The van der Waals surface area contributed by atoms with E-state index >= 15 is 0 Å². The van der Waals surface area contributed by atoms with Gasteiger partial charge in [0.05, 0.1) is 17.1 Å². The summed E-state index contributed by atoms with van der Waals surface area (Å²) >= 11 is 0. The van der Waals surface area contributed by atoms with Crippen molar-refractivity contribution in [1.29, 1.82) is 0 Å². The molecule has 3 rings (SSSR count). The van der Waals surface area contributed by atoms with Gasteiger partial charge in [0.25, 0.3) is 5.91 Å². The van der Waals surface area contributed by atoms with Crippen LogP contribution in [0.1, 0.15) is 42.5 Å². The van der Waals surface area contributed by atoms with Crippen molar-refractivity contribution in [2.45, 2.75) is 44.2 Å². The summed E-state index contributed by atoms with van der Waals surface area (Å²) in [6.07, 6.45) is 7.23. The third-order valence-corrected chi connectivity index (χ3v) is 6.60. The number of carbonyl (C=O) groups is 2. The quantitative estimate of drug-likeness (QED) is 0.727. The molecule has 25 heavy (non-hydrogen) atoms. The van der Waals surface area contributed by atoms with E-state index in [-0.39, 0.29) is 36.1 Å². The smallest absolute Gasteiger partial charge is 0.338 e. The zero-order valence-electron chi connectivity index (χ0n) is 14.0. The molecule has 1 saturated heterocycles. The number of sulfone groups is 1. The highest BCUT2D eigenvalue weighted by Gasteiger charge is 2.39. The van der Waals surface area contributed by atoms with E-state index in [0.717, 1.165) is 25.7 Å². The minimum atomic E-state index is -3.09. The van der Waals surface area contributed by atoms with Crippen LogP contribution < -0.4 is 0 Å². The molecule has 1 saturated carbocycles. The van der Waals surface area contributed by atoms with Crippen LogP contribution in [0, 0.1) is 0 Å². The number of nitrogens with zero attached hydrogens (tertiary/aromatic N) is 2. The van der Waals surface area contributed by atoms with Gasteiger partial charge in [-0.05, 0) is 31.4 Å². The van der Waals surface area contributed by atoms with E-state index in [1.165, 1.54) is 24.5 Å². The Labute approximate surface area is 147 Å². The van der Waals surface area contributed by atoms with Gasteiger partial charge in [-0.15, -0.1) is 0 Å². The van der Waals surface area contributed by atoms with Gasteiger partial charge in [0, 0.05) is 24.5 Å². The lowest BCUT2D eigenvalue weighted by Crippen LogP contribution is -2.48. The number of rotatable bonds is 5. The monoisotopic (exact) mass is 366 g/mol. The first-order valence-corrected chi connectivity index (χ1v) is 10.4. The van der Waals surface area contributed by atoms with Crippen LogP contribution in [0.25, 0.3) is 0 Å². The largest absolute Gasteiger partial charge is 0.452 e. The molecule has 0 aromatic carbocycles. The lowest BCUT2D eigenvalue weighted by Gasteiger charge is -2.33. The number of amides is 1. The summed E-state index contributed by atoms with van der Waals surface area (Å²) in [7, 11) is -3.09. The van der Waals surface area contributed by atoms with E-state index in [1.54, 1.807) is 4.90 Å². The zero-order valence-corrected chi connectivity index (χ0v) is 14.8. The predicted molar refractivity (Wildman–Crippen MR) is 90.7 cm³/mol. The molecule has 1 aliphatic carbocycles. The molecule has 7 nitrogen and oxygen atoms in total. The second-order valence-corrected chi connectivity index (χ2v) is 8.84. The highest BCUT2D eigenvalue weighted by Crippen LogP contribution is 2.29. The summed E-state index contributed by atoms with van der Waals surface area (Å²) in [6, 6.07) is 2.78. The fraction of sp³-hybridized carbons (Fsp3) is 0.588. The van der Waals surface area contributed by atoms with Gasteiger partial charge in [-0.1, -0.05) is 12.8 Å². The van der Waals surface area contributed by atoms with E-state index in [9.17, 15) is 18.0 Å². The maximum absolute atomic E-state index is 12.7. The third kappa shape index (κ3) is 4.36. The summed E-state index contributed by atoms with van der Waals surface area (Å²) < 4.78 is 28.7. The molecule has 0 bridgehead atoms. The highest BCUT2D eigenvalue weighted by atomic mass is 32.2. The van der Waals surface area contributed by atoms with Gasteiger partial charge in [0.1, 0.15) is 0 Å². The predicted octanol–water partition coefficient (Wildman–Crippen LogP) is 1.20. The Morgan fingerprint density at radius 1 is 1.12 bits per heavy atom.